The van der Waals surface area contributed by atoms with Gasteiger partial charge in [-0.15, -0.1) is 0 Å². The van der Waals surface area contributed by atoms with Crippen LogP contribution in [0.2, 0.25) is 0 Å². The van der Waals surface area contributed by atoms with E-state index in [0.717, 1.165) is 12.8 Å². The second kappa shape index (κ2) is 8.36. The normalized spacial score (nSPS) is 12.5. The van der Waals surface area contributed by atoms with E-state index in [-0.39, 0.29) is 0 Å². The van der Waals surface area contributed by atoms with E-state index in [1.807, 2.05) is 0 Å². The second-order valence-corrected chi connectivity index (χ2v) is 10.3. The van der Waals surface area contributed by atoms with Crippen LogP contribution in [0.1, 0.15) is 22.3 Å². The zero-order valence-electron chi connectivity index (χ0n) is 21.0. The first-order chi connectivity index (χ1) is 18.8. The van der Waals surface area contributed by atoms with E-state index in [1.165, 1.54) is 67.0 Å². The predicted molar refractivity (Wildman–Crippen MR) is 151 cm³/mol. The van der Waals surface area contributed by atoms with E-state index in [4.69, 9.17) is 0 Å². The summed E-state index contributed by atoms with van der Waals surface area (Å²) in [6.45, 7) is 0. The van der Waals surface area contributed by atoms with Crippen molar-refractivity contribution >= 4 is 0 Å². The molecular formula is C36H26N2+2. The monoisotopic (exact) mass is 486 g/mol. The molecule has 2 aromatic heterocycles. The number of hydrogen-bond acceptors (Lipinski definition) is 0. The molecule has 0 unspecified atom stereocenters. The van der Waals surface area contributed by atoms with Crippen LogP contribution in [-0.2, 0) is 12.8 Å². The van der Waals surface area contributed by atoms with Gasteiger partial charge in [-0.2, -0.15) is 9.13 Å². The number of hydrogen-bond donors (Lipinski definition) is 0. The predicted octanol–water partition coefficient (Wildman–Crippen LogP) is 7.05. The molecule has 6 aromatic rings. The fourth-order valence-electron chi connectivity index (χ4n) is 6.17. The Morgan fingerprint density at radius 1 is 0.368 bits per heavy atom. The molecule has 0 aliphatic heterocycles. The molecule has 2 aliphatic rings. The van der Waals surface area contributed by atoms with Crippen LogP contribution in [0.15, 0.2) is 134 Å². The fourth-order valence-corrected chi connectivity index (χ4v) is 6.17. The quantitative estimate of drug-likeness (QED) is 0.236. The molecule has 38 heavy (non-hydrogen) atoms. The fraction of sp³-hybridized carbons (Fsp3) is 0.0556. The molecule has 2 heterocycles. The summed E-state index contributed by atoms with van der Waals surface area (Å²) in [5.74, 6) is 0. The van der Waals surface area contributed by atoms with Gasteiger partial charge in [0.2, 0.25) is 11.4 Å². The molecule has 0 atom stereocenters. The van der Waals surface area contributed by atoms with Gasteiger partial charge in [-0.25, -0.2) is 0 Å². The van der Waals surface area contributed by atoms with Gasteiger partial charge in [-0.05, 0) is 80.6 Å². The maximum absolute atomic E-state index is 2.33. The van der Waals surface area contributed by atoms with Gasteiger partial charge in [0.25, 0.3) is 0 Å². The number of rotatable bonds is 3. The van der Waals surface area contributed by atoms with Crippen molar-refractivity contribution in [3.8, 4) is 44.8 Å². The van der Waals surface area contributed by atoms with E-state index in [0.29, 0.717) is 0 Å². The van der Waals surface area contributed by atoms with Gasteiger partial charge in [-0.1, -0.05) is 48.5 Å². The third kappa shape index (κ3) is 3.42. The molecule has 178 valence electrons. The molecule has 0 N–H and O–H groups in total. The van der Waals surface area contributed by atoms with Crippen LogP contribution in [0.4, 0.5) is 0 Å². The van der Waals surface area contributed by atoms with E-state index in [1.54, 1.807) is 0 Å². The largest absolute Gasteiger partial charge is 0.210 e. The first-order valence-corrected chi connectivity index (χ1v) is 13.3. The smallest absolute Gasteiger partial charge is 0.167 e. The van der Waals surface area contributed by atoms with Gasteiger partial charge in [0.15, 0.2) is 24.8 Å². The van der Waals surface area contributed by atoms with Crippen LogP contribution in [0.5, 0.6) is 0 Å². The van der Waals surface area contributed by atoms with Crippen molar-refractivity contribution < 1.29 is 9.13 Å². The first-order valence-electron chi connectivity index (χ1n) is 13.3. The van der Waals surface area contributed by atoms with Crippen molar-refractivity contribution in [1.82, 2.24) is 0 Å². The third-order valence-corrected chi connectivity index (χ3v) is 8.14. The maximum atomic E-state index is 2.33. The summed E-state index contributed by atoms with van der Waals surface area (Å²) in [6.07, 6.45) is 10.7. The van der Waals surface area contributed by atoms with Gasteiger partial charge in [0.05, 0.1) is 0 Å². The molecule has 0 spiro atoms. The highest BCUT2D eigenvalue weighted by Crippen LogP contribution is 2.38. The Bertz CT molecular complexity index is 1710. The molecule has 0 saturated carbocycles. The zero-order valence-corrected chi connectivity index (χ0v) is 21.0. The molecule has 2 heteroatoms. The van der Waals surface area contributed by atoms with Crippen molar-refractivity contribution in [3.63, 3.8) is 0 Å². The van der Waals surface area contributed by atoms with Crippen molar-refractivity contribution in [2.45, 2.75) is 12.8 Å². The van der Waals surface area contributed by atoms with Crippen LogP contribution in [-0.4, -0.2) is 0 Å². The molecule has 8 rings (SSSR count). The van der Waals surface area contributed by atoms with Crippen molar-refractivity contribution in [1.29, 1.82) is 0 Å². The average molecular weight is 487 g/mol. The molecule has 0 saturated heterocycles. The van der Waals surface area contributed by atoms with Gasteiger partial charge >= 0.3 is 0 Å². The van der Waals surface area contributed by atoms with Gasteiger partial charge in [0.1, 0.15) is 0 Å². The Morgan fingerprint density at radius 3 is 1.21 bits per heavy atom. The van der Waals surface area contributed by atoms with E-state index in [9.17, 15) is 0 Å². The lowest BCUT2D eigenvalue weighted by Gasteiger charge is -2.04. The highest BCUT2D eigenvalue weighted by atomic mass is 14.9. The Hall–Kier alpha value is -4.82. The topological polar surface area (TPSA) is 7.76 Å². The number of pyridine rings is 2. The maximum Gasteiger partial charge on any atom is 0.210 e. The lowest BCUT2D eigenvalue weighted by molar-refractivity contribution is -0.596. The van der Waals surface area contributed by atoms with Gasteiger partial charge in [-0.3, -0.25) is 0 Å². The number of aromatic nitrogens is 2. The Balaban J connectivity index is 1.03. The van der Waals surface area contributed by atoms with Crippen LogP contribution < -0.4 is 9.13 Å². The molecule has 0 fully saturated rings. The van der Waals surface area contributed by atoms with E-state index >= 15 is 0 Å². The molecule has 0 bridgehead atoms. The molecule has 0 radical (unpaired) electrons. The third-order valence-electron chi connectivity index (χ3n) is 8.14. The van der Waals surface area contributed by atoms with E-state index in [2.05, 4.69) is 143 Å². The summed E-state index contributed by atoms with van der Waals surface area (Å²) < 4.78 is 4.41. The summed E-state index contributed by atoms with van der Waals surface area (Å²) in [6, 6.07) is 39.9. The van der Waals surface area contributed by atoms with Crippen LogP contribution in [0.3, 0.4) is 0 Å². The molecule has 2 aliphatic carbocycles. The number of fused-ring (bicyclic) bond motifs is 6. The highest BCUT2D eigenvalue weighted by molar-refractivity contribution is 5.78. The van der Waals surface area contributed by atoms with Crippen molar-refractivity contribution in [2.75, 3.05) is 0 Å². The Morgan fingerprint density at radius 2 is 0.763 bits per heavy atom. The van der Waals surface area contributed by atoms with Gasteiger partial charge < -0.3 is 0 Å². The minimum atomic E-state index is 1.01. The van der Waals surface area contributed by atoms with E-state index < -0.39 is 0 Å². The van der Waals surface area contributed by atoms with Crippen LogP contribution >= 0.6 is 0 Å². The Labute approximate surface area is 222 Å². The zero-order chi connectivity index (χ0) is 25.1. The van der Waals surface area contributed by atoms with Crippen LogP contribution in [0.25, 0.3) is 44.8 Å². The average Bonchev–Trinajstić information content (AvgIpc) is 3.54. The summed E-state index contributed by atoms with van der Waals surface area (Å²) >= 11 is 0. The summed E-state index contributed by atoms with van der Waals surface area (Å²) in [5.41, 5.74) is 16.0. The second-order valence-electron chi connectivity index (χ2n) is 10.3. The molecule has 0 amide bonds. The van der Waals surface area contributed by atoms with Crippen molar-refractivity contribution in [2.24, 2.45) is 0 Å². The highest BCUT2D eigenvalue weighted by Gasteiger charge is 2.21. The SMILES string of the molecule is c1ccc2c(c1)Cc1cc(-[n+]3ccc(-c4cc[n+](-c5ccc6c(c5)Cc5ccccc5-6)cc4)cc3)ccc1-2. The lowest BCUT2D eigenvalue weighted by Crippen LogP contribution is -2.30. The standard InChI is InChI=1S/C36H26N2/c1-3-7-33-27(5-1)21-29-23-31(9-11-35(29)33)37-17-13-25(14-18-37)26-15-19-38(20-16-26)32-10-12-36-30(24-32)22-28-6-2-4-8-34(28)36/h1-20,23-24H,21-22H2/q+2. The van der Waals surface area contributed by atoms with Crippen molar-refractivity contribution in [3.05, 3.63) is 156 Å². The number of benzene rings is 4. The van der Waals surface area contributed by atoms with Gasteiger partial charge in [0, 0.05) is 48.5 Å². The first kappa shape index (κ1) is 21.3. The minimum Gasteiger partial charge on any atom is -0.167 e. The lowest BCUT2D eigenvalue weighted by atomic mass is 10.1. The summed E-state index contributed by atoms with van der Waals surface area (Å²) in [5, 5.41) is 0. The molecular weight excluding hydrogens is 460 g/mol. The minimum absolute atomic E-state index is 1.01. The molecule has 4 aromatic carbocycles. The summed E-state index contributed by atoms with van der Waals surface area (Å²) in [4.78, 5) is 0. The molecule has 2 nitrogen and oxygen atoms in total. The van der Waals surface area contributed by atoms with Crippen LogP contribution in [0, 0.1) is 0 Å². The number of nitrogens with zero attached hydrogens (tertiary/aromatic N) is 2. The Kier molecular flexibility index (Phi) is 4.68. The summed E-state index contributed by atoms with van der Waals surface area (Å²) in [7, 11) is 0.